The van der Waals surface area contributed by atoms with Crippen molar-refractivity contribution in [3.8, 4) is 0 Å². The van der Waals surface area contributed by atoms with Crippen LogP contribution in [-0.4, -0.2) is 31.3 Å². The van der Waals surface area contributed by atoms with E-state index < -0.39 is 15.4 Å². The summed E-state index contributed by atoms with van der Waals surface area (Å²) in [4.78, 5) is 0. The molecule has 106 valence electrons. The topological polar surface area (TPSA) is 73.8 Å². The van der Waals surface area contributed by atoms with E-state index in [9.17, 15) is 13.0 Å². The van der Waals surface area contributed by atoms with Gasteiger partial charge in [-0.25, -0.2) is 8.42 Å². The van der Waals surface area contributed by atoms with Gasteiger partial charge in [0.15, 0.2) is 0 Å². The summed E-state index contributed by atoms with van der Waals surface area (Å²) in [5.74, 6) is -0.0203. The third-order valence-corrected chi connectivity index (χ3v) is 5.23. The van der Waals surface area contributed by atoms with Gasteiger partial charge >= 0.3 is 0 Å². The molecule has 0 radical (unpaired) electrons. The fraction of sp³-hybridized carbons (Fsp3) is 0.846. The average Bonchev–Trinajstić information content (AvgIpc) is 2.27. The van der Waals surface area contributed by atoms with Crippen molar-refractivity contribution in [1.29, 1.82) is 0 Å². The summed E-state index contributed by atoms with van der Waals surface area (Å²) >= 11 is 0. The molecule has 2 atom stereocenters. The second kappa shape index (κ2) is 6.68. The first kappa shape index (κ1) is 15.7. The van der Waals surface area contributed by atoms with Crippen molar-refractivity contribution in [1.82, 2.24) is 0 Å². The van der Waals surface area contributed by atoms with E-state index in [-0.39, 0.29) is 5.92 Å². The lowest BCUT2D eigenvalue weighted by Gasteiger charge is -2.33. The number of unbranched alkanes of at least 4 members (excludes halogenated alkanes) is 1. The van der Waals surface area contributed by atoms with Crippen LogP contribution in [0.4, 0.5) is 0 Å². The second-order valence-electron chi connectivity index (χ2n) is 5.43. The van der Waals surface area contributed by atoms with Crippen LogP contribution < -0.4 is 5.32 Å². The molecule has 0 fully saturated rings. The SMILES string of the molecule is CCCC[NH2+]C[C@H]1CC(C)=C(C)C[C@H]1S(=O)(=O)[O-]. The zero-order chi connectivity index (χ0) is 13.8. The Morgan fingerprint density at radius 3 is 2.44 bits per heavy atom. The maximum absolute atomic E-state index is 11.3. The summed E-state index contributed by atoms with van der Waals surface area (Å²) in [6.45, 7) is 7.87. The highest BCUT2D eigenvalue weighted by molar-refractivity contribution is 7.86. The fourth-order valence-electron chi connectivity index (χ4n) is 2.59. The first-order valence-electron chi connectivity index (χ1n) is 6.77. The Kier molecular flexibility index (Phi) is 5.82. The van der Waals surface area contributed by atoms with Crippen molar-refractivity contribution in [2.45, 2.75) is 51.7 Å². The highest BCUT2D eigenvalue weighted by Crippen LogP contribution is 2.32. The molecule has 0 saturated carbocycles. The summed E-state index contributed by atoms with van der Waals surface area (Å²) in [7, 11) is -4.18. The summed E-state index contributed by atoms with van der Waals surface area (Å²) in [6, 6.07) is 0. The maximum atomic E-state index is 11.3. The van der Waals surface area contributed by atoms with Crippen LogP contribution in [0.5, 0.6) is 0 Å². The predicted molar refractivity (Wildman–Crippen MR) is 71.2 cm³/mol. The second-order valence-corrected chi connectivity index (χ2v) is 7.02. The van der Waals surface area contributed by atoms with Crippen molar-refractivity contribution in [3.05, 3.63) is 11.1 Å². The van der Waals surface area contributed by atoms with Crippen molar-refractivity contribution in [3.63, 3.8) is 0 Å². The Bertz CT molecular complexity index is 400. The van der Waals surface area contributed by atoms with Crippen molar-refractivity contribution in [2.75, 3.05) is 13.1 Å². The van der Waals surface area contributed by atoms with E-state index in [0.29, 0.717) is 6.42 Å². The number of allylic oxidation sites excluding steroid dienone is 2. The van der Waals surface area contributed by atoms with Gasteiger partial charge in [-0.05, 0) is 33.1 Å². The summed E-state index contributed by atoms with van der Waals surface area (Å²) in [5.41, 5.74) is 2.33. The molecule has 0 aromatic rings. The lowest BCUT2D eigenvalue weighted by molar-refractivity contribution is -0.660. The Morgan fingerprint density at radius 1 is 1.28 bits per heavy atom. The van der Waals surface area contributed by atoms with Crippen LogP contribution in [0.3, 0.4) is 0 Å². The summed E-state index contributed by atoms with van der Waals surface area (Å²) in [5, 5.41) is 1.43. The van der Waals surface area contributed by atoms with Gasteiger partial charge in [-0.15, -0.1) is 0 Å². The minimum atomic E-state index is -4.18. The monoisotopic (exact) mass is 275 g/mol. The number of nitrogens with two attached hydrogens (primary N) is 1. The van der Waals surface area contributed by atoms with E-state index in [2.05, 4.69) is 12.2 Å². The first-order valence-corrected chi connectivity index (χ1v) is 8.25. The zero-order valence-corrected chi connectivity index (χ0v) is 12.4. The number of hydrogen-bond donors (Lipinski definition) is 1. The van der Waals surface area contributed by atoms with Gasteiger partial charge in [-0.3, -0.25) is 0 Å². The van der Waals surface area contributed by atoms with E-state index >= 15 is 0 Å². The molecule has 5 heteroatoms. The Labute approximate surface area is 111 Å². The van der Waals surface area contributed by atoms with Crippen molar-refractivity contribution in [2.24, 2.45) is 5.92 Å². The van der Waals surface area contributed by atoms with Crippen LogP contribution in [0.15, 0.2) is 11.1 Å². The largest absolute Gasteiger partial charge is 0.748 e. The number of quaternary nitrogens is 1. The Morgan fingerprint density at radius 2 is 1.89 bits per heavy atom. The molecule has 0 saturated heterocycles. The minimum Gasteiger partial charge on any atom is -0.748 e. The molecule has 0 aromatic carbocycles. The molecule has 18 heavy (non-hydrogen) atoms. The molecule has 0 unspecified atom stereocenters. The molecule has 1 aliphatic rings. The average molecular weight is 275 g/mol. The van der Waals surface area contributed by atoms with Gasteiger partial charge in [0.25, 0.3) is 0 Å². The highest BCUT2D eigenvalue weighted by Gasteiger charge is 2.32. The Balaban J connectivity index is 2.67. The first-order chi connectivity index (χ1) is 8.36. The number of hydrogen-bond acceptors (Lipinski definition) is 3. The molecule has 2 N–H and O–H groups in total. The predicted octanol–water partition coefficient (Wildman–Crippen LogP) is 1.01. The molecule has 1 aliphatic carbocycles. The summed E-state index contributed by atoms with van der Waals surface area (Å²) in [6.07, 6.45) is 3.45. The molecule has 1 rings (SSSR count). The molecule has 0 heterocycles. The van der Waals surface area contributed by atoms with E-state index in [0.717, 1.165) is 37.9 Å². The van der Waals surface area contributed by atoms with Gasteiger partial charge in [0.05, 0.1) is 28.5 Å². The van der Waals surface area contributed by atoms with E-state index in [1.165, 1.54) is 5.57 Å². The van der Waals surface area contributed by atoms with Gasteiger partial charge in [0.1, 0.15) is 0 Å². The molecule has 0 bridgehead atoms. The van der Waals surface area contributed by atoms with E-state index in [4.69, 9.17) is 0 Å². The van der Waals surface area contributed by atoms with Crippen LogP contribution in [0, 0.1) is 5.92 Å². The quantitative estimate of drug-likeness (QED) is 0.446. The summed E-state index contributed by atoms with van der Waals surface area (Å²) < 4.78 is 34.0. The lowest BCUT2D eigenvalue weighted by Crippen LogP contribution is -2.86. The zero-order valence-electron chi connectivity index (χ0n) is 11.6. The molecule has 4 nitrogen and oxygen atoms in total. The van der Waals surface area contributed by atoms with Crippen LogP contribution in [0.1, 0.15) is 46.5 Å². The van der Waals surface area contributed by atoms with Gasteiger partial charge in [-0.1, -0.05) is 24.5 Å². The van der Waals surface area contributed by atoms with E-state index in [1.807, 2.05) is 13.8 Å². The maximum Gasteiger partial charge on any atom is 0.0983 e. The number of rotatable bonds is 6. The van der Waals surface area contributed by atoms with E-state index in [1.54, 1.807) is 0 Å². The molecule has 0 amide bonds. The highest BCUT2D eigenvalue weighted by atomic mass is 32.2. The molecule has 0 spiro atoms. The van der Waals surface area contributed by atoms with Crippen molar-refractivity contribution < 1.29 is 18.3 Å². The van der Waals surface area contributed by atoms with Gasteiger partial charge in [0, 0.05) is 5.92 Å². The van der Waals surface area contributed by atoms with Gasteiger partial charge in [0.2, 0.25) is 0 Å². The minimum absolute atomic E-state index is 0.0203. The molecular weight excluding hydrogens is 250 g/mol. The molecular formula is C13H25NO3S. The van der Waals surface area contributed by atoms with Crippen LogP contribution in [0.2, 0.25) is 0 Å². The third-order valence-electron chi connectivity index (χ3n) is 3.93. The third kappa shape index (κ3) is 4.37. The van der Waals surface area contributed by atoms with Gasteiger partial charge in [-0.2, -0.15) is 0 Å². The Hall–Kier alpha value is -0.390. The van der Waals surface area contributed by atoms with Crippen LogP contribution >= 0.6 is 0 Å². The van der Waals surface area contributed by atoms with Gasteiger partial charge < -0.3 is 9.87 Å². The molecule has 0 aliphatic heterocycles. The van der Waals surface area contributed by atoms with Crippen LogP contribution in [-0.2, 0) is 10.1 Å². The lowest BCUT2D eigenvalue weighted by atomic mass is 9.84. The smallest absolute Gasteiger partial charge is 0.0983 e. The van der Waals surface area contributed by atoms with Crippen molar-refractivity contribution >= 4 is 10.1 Å². The molecule has 0 aromatic heterocycles. The standard InChI is InChI=1S/C13H25NO3S/c1-4-5-6-14-9-12-7-10(2)11(3)8-13(12)18(15,16)17/h12-14H,4-9H2,1-3H3,(H,15,16,17)/t12-,13-/m1/s1. The fourth-order valence-corrected chi connectivity index (χ4v) is 3.73. The normalized spacial score (nSPS) is 25.6. The van der Waals surface area contributed by atoms with Crippen LogP contribution in [0.25, 0.3) is 0 Å².